The molecule has 0 aliphatic carbocycles. The Morgan fingerprint density at radius 1 is 1.57 bits per heavy atom. The van der Waals surface area contributed by atoms with E-state index < -0.39 is 0 Å². The van der Waals surface area contributed by atoms with Gasteiger partial charge in [0, 0.05) is 32.6 Å². The smallest absolute Gasteiger partial charge is 0.323 e. The molecule has 7 heteroatoms. The van der Waals surface area contributed by atoms with Crippen LogP contribution in [-0.2, 0) is 11.2 Å². The lowest BCUT2D eigenvalue weighted by atomic mass is 9.92. The van der Waals surface area contributed by atoms with Crippen molar-refractivity contribution < 1.29 is 14.1 Å². The number of carbonyl (C=O) groups is 2. The molecule has 1 aromatic rings. The number of urea groups is 1. The minimum atomic E-state index is -0.205. The zero-order valence-corrected chi connectivity index (χ0v) is 12.3. The summed E-state index contributed by atoms with van der Waals surface area (Å²) in [6.45, 7) is 3.24. The average Bonchev–Trinajstić information content (AvgIpc) is 3.04. The van der Waals surface area contributed by atoms with Gasteiger partial charge < -0.3 is 14.3 Å². The fourth-order valence-electron chi connectivity index (χ4n) is 3.20. The van der Waals surface area contributed by atoms with E-state index in [4.69, 9.17) is 4.52 Å². The zero-order valence-electron chi connectivity index (χ0n) is 12.3. The molecule has 3 amide bonds. The van der Waals surface area contributed by atoms with Crippen LogP contribution >= 0.6 is 0 Å². The van der Waals surface area contributed by atoms with Gasteiger partial charge in [0.2, 0.25) is 5.91 Å². The Morgan fingerprint density at radius 2 is 2.38 bits per heavy atom. The van der Waals surface area contributed by atoms with Crippen molar-refractivity contribution >= 4 is 17.8 Å². The number of aromatic nitrogens is 1. The van der Waals surface area contributed by atoms with Gasteiger partial charge in [0.1, 0.15) is 5.76 Å². The van der Waals surface area contributed by atoms with Crippen molar-refractivity contribution in [2.75, 3.05) is 25.5 Å². The van der Waals surface area contributed by atoms with E-state index in [0.29, 0.717) is 18.9 Å². The Morgan fingerprint density at radius 3 is 3.10 bits per heavy atom. The molecule has 114 valence electrons. The summed E-state index contributed by atoms with van der Waals surface area (Å²) < 4.78 is 5.08. The van der Waals surface area contributed by atoms with E-state index in [1.807, 2.05) is 6.92 Å². The van der Waals surface area contributed by atoms with Crippen molar-refractivity contribution in [3.8, 4) is 0 Å². The summed E-state index contributed by atoms with van der Waals surface area (Å²) in [7, 11) is 1.79. The highest BCUT2D eigenvalue weighted by atomic mass is 16.5. The fourth-order valence-corrected chi connectivity index (χ4v) is 3.20. The van der Waals surface area contributed by atoms with E-state index in [1.165, 1.54) is 0 Å². The Bertz CT molecular complexity index is 556. The lowest BCUT2D eigenvalue weighted by Gasteiger charge is -2.35. The Kier molecular flexibility index (Phi) is 3.57. The van der Waals surface area contributed by atoms with Crippen molar-refractivity contribution in [2.24, 2.45) is 5.92 Å². The molecule has 7 nitrogen and oxygen atoms in total. The van der Waals surface area contributed by atoms with Crippen LogP contribution in [0.3, 0.4) is 0 Å². The molecule has 2 fully saturated rings. The molecule has 0 unspecified atom stereocenters. The highest BCUT2D eigenvalue weighted by molar-refractivity contribution is 5.90. The summed E-state index contributed by atoms with van der Waals surface area (Å²) in [4.78, 5) is 27.9. The lowest BCUT2D eigenvalue weighted by molar-refractivity contribution is -0.130. The monoisotopic (exact) mass is 292 g/mol. The van der Waals surface area contributed by atoms with E-state index >= 15 is 0 Å². The summed E-state index contributed by atoms with van der Waals surface area (Å²) >= 11 is 0. The summed E-state index contributed by atoms with van der Waals surface area (Å²) in [6, 6.07) is 1.49. The summed E-state index contributed by atoms with van der Waals surface area (Å²) in [5.74, 6) is 1.25. The van der Waals surface area contributed by atoms with E-state index in [9.17, 15) is 9.59 Å². The van der Waals surface area contributed by atoms with Gasteiger partial charge in [-0.2, -0.15) is 0 Å². The van der Waals surface area contributed by atoms with E-state index in [2.05, 4.69) is 10.5 Å². The number of nitrogens with zero attached hydrogens (tertiary/aromatic N) is 3. The molecular formula is C14H20N4O3. The largest absolute Gasteiger partial charge is 0.359 e. The Balaban J connectivity index is 1.70. The van der Waals surface area contributed by atoms with Crippen molar-refractivity contribution in [2.45, 2.75) is 32.2 Å². The molecule has 0 radical (unpaired) electrons. The van der Waals surface area contributed by atoms with Crippen LogP contribution in [0.25, 0.3) is 0 Å². The number of likely N-dealkylation sites (N-methyl/N-ethyl adjacent to an activating group) is 1. The first kappa shape index (κ1) is 13.9. The van der Waals surface area contributed by atoms with Gasteiger partial charge in [0.05, 0.1) is 12.0 Å². The number of nitrogens with one attached hydrogen (secondary N) is 1. The molecule has 1 N–H and O–H groups in total. The third kappa shape index (κ3) is 2.48. The number of rotatable bonds is 2. The molecule has 2 saturated heterocycles. The minimum Gasteiger partial charge on any atom is -0.359 e. The average molecular weight is 292 g/mol. The minimum absolute atomic E-state index is 0.0335. The van der Waals surface area contributed by atoms with Gasteiger partial charge in [-0.15, -0.1) is 0 Å². The molecule has 1 aromatic heterocycles. The normalized spacial score (nSPS) is 25.1. The number of hydrogen-bond acceptors (Lipinski definition) is 4. The molecule has 2 aliphatic heterocycles. The van der Waals surface area contributed by atoms with Crippen LogP contribution in [0.15, 0.2) is 10.6 Å². The van der Waals surface area contributed by atoms with Crippen molar-refractivity contribution in [3.05, 3.63) is 11.8 Å². The van der Waals surface area contributed by atoms with E-state index in [0.717, 1.165) is 25.0 Å². The molecule has 0 bridgehead atoms. The van der Waals surface area contributed by atoms with Gasteiger partial charge in [-0.25, -0.2) is 4.79 Å². The van der Waals surface area contributed by atoms with Gasteiger partial charge in [0.15, 0.2) is 5.82 Å². The van der Waals surface area contributed by atoms with Crippen LogP contribution in [0.5, 0.6) is 0 Å². The fraction of sp³-hybridized carbons (Fsp3) is 0.643. The molecular weight excluding hydrogens is 272 g/mol. The molecule has 21 heavy (non-hydrogen) atoms. The van der Waals surface area contributed by atoms with Crippen LogP contribution < -0.4 is 5.32 Å². The lowest BCUT2D eigenvalue weighted by Crippen LogP contribution is -2.50. The molecule has 3 rings (SSSR count). The van der Waals surface area contributed by atoms with Crippen molar-refractivity contribution in [1.82, 2.24) is 15.0 Å². The first-order valence-electron chi connectivity index (χ1n) is 7.38. The number of carbonyl (C=O) groups excluding carboxylic acids is 2. The van der Waals surface area contributed by atoms with Gasteiger partial charge in [-0.1, -0.05) is 12.1 Å². The van der Waals surface area contributed by atoms with Crippen LogP contribution in [0.2, 0.25) is 0 Å². The summed E-state index contributed by atoms with van der Waals surface area (Å²) in [5, 5.41) is 6.59. The number of piperidine rings is 1. The molecule has 0 saturated carbocycles. The number of fused-ring (bicyclic) bond motifs is 1. The zero-order chi connectivity index (χ0) is 15.0. The third-order valence-corrected chi connectivity index (χ3v) is 4.34. The predicted molar refractivity (Wildman–Crippen MR) is 75.8 cm³/mol. The summed E-state index contributed by atoms with van der Waals surface area (Å²) in [5.41, 5.74) is 0. The second-order valence-electron chi connectivity index (χ2n) is 5.69. The van der Waals surface area contributed by atoms with Crippen LogP contribution in [0.1, 0.15) is 25.5 Å². The van der Waals surface area contributed by atoms with Gasteiger partial charge in [-0.05, 0) is 12.8 Å². The number of likely N-dealkylation sites (tertiary alicyclic amines) is 2. The van der Waals surface area contributed by atoms with Gasteiger partial charge >= 0.3 is 6.03 Å². The molecule has 2 atom stereocenters. The maximum atomic E-state index is 12.4. The van der Waals surface area contributed by atoms with Crippen molar-refractivity contribution in [3.63, 3.8) is 0 Å². The first-order valence-corrected chi connectivity index (χ1v) is 7.38. The molecule has 2 aliphatic rings. The highest BCUT2D eigenvalue weighted by Gasteiger charge is 2.45. The van der Waals surface area contributed by atoms with Crippen LogP contribution in [0, 0.1) is 5.92 Å². The van der Waals surface area contributed by atoms with Crippen LogP contribution in [0.4, 0.5) is 10.6 Å². The molecule has 3 heterocycles. The Hall–Kier alpha value is -2.05. The quantitative estimate of drug-likeness (QED) is 0.891. The number of amides is 3. The number of hydrogen-bond donors (Lipinski definition) is 1. The third-order valence-electron chi connectivity index (χ3n) is 4.34. The van der Waals surface area contributed by atoms with Crippen molar-refractivity contribution in [1.29, 1.82) is 0 Å². The maximum absolute atomic E-state index is 12.4. The molecule has 0 aromatic carbocycles. The summed E-state index contributed by atoms with van der Waals surface area (Å²) in [6.07, 6.45) is 2.45. The topological polar surface area (TPSA) is 78.7 Å². The highest BCUT2D eigenvalue weighted by Crippen LogP contribution is 2.31. The SMILES string of the molecule is CCc1cc(NC(=O)N2CCC[C@H]3C(=O)N(C)C[C@H]32)no1. The van der Waals surface area contributed by atoms with Gasteiger partial charge in [-0.3, -0.25) is 10.1 Å². The second-order valence-corrected chi connectivity index (χ2v) is 5.69. The maximum Gasteiger partial charge on any atom is 0.323 e. The van der Waals surface area contributed by atoms with Gasteiger partial charge in [0.25, 0.3) is 0 Å². The molecule has 0 spiro atoms. The standard InChI is InChI=1S/C14H20N4O3/c1-3-9-7-12(16-21-9)15-14(20)18-6-4-5-10-11(18)8-17(2)13(10)19/h7,10-11H,3-6,8H2,1-2H3,(H,15,16,20)/t10-,11-/m1/s1. The predicted octanol–water partition coefficient (Wildman–Crippen LogP) is 1.32. The number of anilines is 1. The van der Waals surface area contributed by atoms with Crippen LogP contribution in [-0.4, -0.2) is 53.1 Å². The van der Waals surface area contributed by atoms with E-state index in [-0.39, 0.29) is 23.9 Å². The van der Waals surface area contributed by atoms with E-state index in [1.54, 1.807) is 22.9 Å². The first-order chi connectivity index (χ1) is 10.1. The second kappa shape index (κ2) is 5.38. The number of aryl methyl sites for hydroxylation is 1. The Labute approximate surface area is 123 Å².